The van der Waals surface area contributed by atoms with Crippen LogP contribution in [0.25, 0.3) is 0 Å². The molecule has 0 bridgehead atoms. The van der Waals surface area contributed by atoms with Gasteiger partial charge in [0.05, 0.1) is 10.6 Å². The summed E-state index contributed by atoms with van der Waals surface area (Å²) in [5.74, 6) is -0.562. The number of carbonyl (C=O) groups excluding carboxylic acids is 1. The molecular weight excluding hydrogens is 286 g/mol. The summed E-state index contributed by atoms with van der Waals surface area (Å²) in [5.41, 5.74) is 1.37. The molecule has 0 fully saturated rings. The van der Waals surface area contributed by atoms with E-state index in [9.17, 15) is 14.9 Å². The lowest BCUT2D eigenvalue weighted by molar-refractivity contribution is -0.385. The molecule has 2 rings (SSSR count). The van der Waals surface area contributed by atoms with Crippen molar-refractivity contribution in [2.75, 3.05) is 5.32 Å². The Morgan fingerprint density at radius 1 is 1.18 bits per heavy atom. The lowest BCUT2D eigenvalue weighted by Gasteiger charge is -2.06. The SMILES string of the molecule is C/C(=N\O)c1ccc(NC(=O)c2ccccc2[N+](=O)[O-])cc1. The highest BCUT2D eigenvalue weighted by Crippen LogP contribution is 2.19. The molecule has 0 spiro atoms. The largest absolute Gasteiger partial charge is 0.411 e. The van der Waals surface area contributed by atoms with E-state index in [1.807, 2.05) is 0 Å². The van der Waals surface area contributed by atoms with Gasteiger partial charge in [0.25, 0.3) is 11.6 Å². The van der Waals surface area contributed by atoms with Crippen molar-refractivity contribution in [1.29, 1.82) is 0 Å². The second-order valence-electron chi connectivity index (χ2n) is 4.49. The van der Waals surface area contributed by atoms with Crippen LogP contribution in [0.3, 0.4) is 0 Å². The van der Waals surface area contributed by atoms with E-state index >= 15 is 0 Å². The highest BCUT2D eigenvalue weighted by Gasteiger charge is 2.19. The van der Waals surface area contributed by atoms with Crippen molar-refractivity contribution >= 4 is 23.0 Å². The van der Waals surface area contributed by atoms with Gasteiger partial charge in [0.2, 0.25) is 0 Å². The molecule has 0 saturated heterocycles. The number of nitrogens with one attached hydrogen (secondary N) is 1. The fourth-order valence-corrected chi connectivity index (χ4v) is 1.88. The monoisotopic (exact) mass is 299 g/mol. The van der Waals surface area contributed by atoms with Crippen LogP contribution in [-0.4, -0.2) is 21.7 Å². The van der Waals surface area contributed by atoms with Gasteiger partial charge in [-0.2, -0.15) is 0 Å². The molecule has 112 valence electrons. The summed E-state index contributed by atoms with van der Waals surface area (Å²) in [6, 6.07) is 12.3. The zero-order valence-electron chi connectivity index (χ0n) is 11.7. The Morgan fingerprint density at radius 2 is 1.82 bits per heavy atom. The molecule has 2 aromatic carbocycles. The maximum Gasteiger partial charge on any atom is 0.282 e. The molecule has 0 aliphatic carbocycles. The van der Waals surface area contributed by atoms with E-state index in [0.717, 1.165) is 0 Å². The van der Waals surface area contributed by atoms with E-state index in [1.54, 1.807) is 37.3 Å². The minimum atomic E-state index is -0.598. The predicted molar refractivity (Wildman–Crippen MR) is 81.5 cm³/mol. The van der Waals surface area contributed by atoms with Crippen LogP contribution in [0, 0.1) is 10.1 Å². The van der Waals surface area contributed by atoms with Gasteiger partial charge in [-0.05, 0) is 30.7 Å². The Kier molecular flexibility index (Phi) is 4.47. The number of para-hydroxylation sites is 1. The van der Waals surface area contributed by atoms with E-state index in [1.165, 1.54) is 18.2 Å². The quantitative estimate of drug-likeness (QED) is 0.392. The maximum atomic E-state index is 12.1. The topological polar surface area (TPSA) is 105 Å². The first-order chi connectivity index (χ1) is 10.5. The van der Waals surface area contributed by atoms with Crippen molar-refractivity contribution in [2.45, 2.75) is 6.92 Å². The van der Waals surface area contributed by atoms with Crippen LogP contribution >= 0.6 is 0 Å². The smallest absolute Gasteiger partial charge is 0.282 e. The number of benzene rings is 2. The number of hydrogen-bond acceptors (Lipinski definition) is 5. The van der Waals surface area contributed by atoms with Gasteiger partial charge in [-0.15, -0.1) is 0 Å². The van der Waals surface area contributed by atoms with Gasteiger partial charge in [0, 0.05) is 11.8 Å². The molecule has 0 aliphatic heterocycles. The summed E-state index contributed by atoms with van der Waals surface area (Å²) in [6.07, 6.45) is 0. The normalized spacial score (nSPS) is 11.0. The third-order valence-electron chi connectivity index (χ3n) is 3.06. The van der Waals surface area contributed by atoms with Gasteiger partial charge in [0.1, 0.15) is 5.56 Å². The minimum absolute atomic E-state index is 0.00956. The predicted octanol–water partition coefficient (Wildman–Crippen LogP) is 3.05. The molecule has 7 nitrogen and oxygen atoms in total. The molecule has 0 radical (unpaired) electrons. The number of hydrogen-bond donors (Lipinski definition) is 2. The van der Waals surface area contributed by atoms with Crippen LogP contribution in [0.5, 0.6) is 0 Å². The first-order valence-corrected chi connectivity index (χ1v) is 6.37. The number of nitro groups is 1. The molecule has 0 heterocycles. The molecular formula is C15H13N3O4. The Morgan fingerprint density at radius 3 is 2.41 bits per heavy atom. The zero-order valence-corrected chi connectivity index (χ0v) is 11.7. The van der Waals surface area contributed by atoms with Gasteiger partial charge < -0.3 is 10.5 Å². The van der Waals surface area contributed by atoms with E-state index in [2.05, 4.69) is 10.5 Å². The third kappa shape index (κ3) is 3.26. The van der Waals surface area contributed by atoms with Crippen molar-refractivity contribution in [3.05, 3.63) is 69.8 Å². The van der Waals surface area contributed by atoms with Crippen molar-refractivity contribution in [3.8, 4) is 0 Å². The number of anilines is 1. The molecule has 0 saturated carbocycles. The Hall–Kier alpha value is -3.22. The van der Waals surface area contributed by atoms with Crippen molar-refractivity contribution < 1.29 is 14.9 Å². The fraction of sp³-hybridized carbons (Fsp3) is 0.0667. The van der Waals surface area contributed by atoms with Gasteiger partial charge in [0.15, 0.2) is 0 Å². The van der Waals surface area contributed by atoms with Crippen LogP contribution in [0.2, 0.25) is 0 Å². The first kappa shape index (κ1) is 15.2. The van der Waals surface area contributed by atoms with Crippen LogP contribution < -0.4 is 5.32 Å². The van der Waals surface area contributed by atoms with Gasteiger partial charge >= 0.3 is 0 Å². The highest BCUT2D eigenvalue weighted by atomic mass is 16.6. The van der Waals surface area contributed by atoms with E-state index < -0.39 is 10.8 Å². The minimum Gasteiger partial charge on any atom is -0.411 e. The Balaban J connectivity index is 2.21. The van der Waals surface area contributed by atoms with Gasteiger partial charge in [-0.25, -0.2) is 0 Å². The fourth-order valence-electron chi connectivity index (χ4n) is 1.88. The molecule has 7 heteroatoms. The average molecular weight is 299 g/mol. The number of nitrogens with zero attached hydrogens (tertiary/aromatic N) is 2. The molecule has 1 amide bonds. The molecule has 2 aromatic rings. The number of oxime groups is 1. The van der Waals surface area contributed by atoms with E-state index in [4.69, 9.17) is 5.21 Å². The lowest BCUT2D eigenvalue weighted by atomic mass is 10.1. The number of carbonyl (C=O) groups is 1. The van der Waals surface area contributed by atoms with Crippen LogP contribution in [0.4, 0.5) is 11.4 Å². The number of amides is 1. The molecule has 22 heavy (non-hydrogen) atoms. The summed E-state index contributed by atoms with van der Waals surface area (Å²) in [5, 5.41) is 25.3. The van der Waals surface area contributed by atoms with Crippen LogP contribution in [0.1, 0.15) is 22.8 Å². The Labute approximate surface area is 126 Å². The number of nitro benzene ring substituents is 1. The summed E-state index contributed by atoms with van der Waals surface area (Å²) in [7, 11) is 0. The van der Waals surface area contributed by atoms with E-state index in [0.29, 0.717) is 17.0 Å². The first-order valence-electron chi connectivity index (χ1n) is 6.37. The molecule has 0 aromatic heterocycles. The summed E-state index contributed by atoms with van der Waals surface area (Å²) in [4.78, 5) is 22.5. The molecule has 0 unspecified atom stereocenters. The molecule has 0 atom stereocenters. The standard InChI is InChI=1S/C15H13N3O4/c1-10(17-20)11-6-8-12(9-7-11)16-15(19)13-4-2-3-5-14(13)18(21)22/h2-9,20H,1H3,(H,16,19)/b17-10+. The summed E-state index contributed by atoms with van der Waals surface area (Å²) >= 11 is 0. The van der Waals surface area contributed by atoms with Crippen molar-refractivity contribution in [1.82, 2.24) is 0 Å². The summed E-state index contributed by atoms with van der Waals surface area (Å²) in [6.45, 7) is 1.64. The molecule has 0 aliphatic rings. The number of rotatable bonds is 4. The van der Waals surface area contributed by atoms with Crippen molar-refractivity contribution in [2.24, 2.45) is 5.16 Å². The third-order valence-corrected chi connectivity index (χ3v) is 3.06. The van der Waals surface area contributed by atoms with Crippen LogP contribution in [0.15, 0.2) is 53.7 Å². The van der Waals surface area contributed by atoms with Crippen LogP contribution in [-0.2, 0) is 0 Å². The zero-order chi connectivity index (χ0) is 16.1. The van der Waals surface area contributed by atoms with Crippen molar-refractivity contribution in [3.63, 3.8) is 0 Å². The van der Waals surface area contributed by atoms with Gasteiger partial charge in [-0.1, -0.05) is 29.4 Å². The second-order valence-corrected chi connectivity index (χ2v) is 4.49. The second kappa shape index (κ2) is 6.49. The lowest BCUT2D eigenvalue weighted by Crippen LogP contribution is -2.13. The Bertz CT molecular complexity index is 739. The average Bonchev–Trinajstić information content (AvgIpc) is 2.54. The molecule has 2 N–H and O–H groups in total. The maximum absolute atomic E-state index is 12.1. The summed E-state index contributed by atoms with van der Waals surface area (Å²) < 4.78 is 0. The van der Waals surface area contributed by atoms with E-state index in [-0.39, 0.29) is 11.3 Å². The van der Waals surface area contributed by atoms with Gasteiger partial charge in [-0.3, -0.25) is 14.9 Å². The highest BCUT2D eigenvalue weighted by molar-refractivity contribution is 6.07.